The van der Waals surface area contributed by atoms with E-state index in [-0.39, 0.29) is 11.6 Å². The van der Waals surface area contributed by atoms with Gasteiger partial charge in [0.15, 0.2) is 0 Å². The van der Waals surface area contributed by atoms with E-state index in [1.54, 1.807) is 13.8 Å². The molecule has 0 aliphatic rings. The molecule has 3 rings (SSSR count). The maximum absolute atomic E-state index is 12.7. The van der Waals surface area contributed by atoms with Crippen LogP contribution in [0.4, 0.5) is 0 Å². The van der Waals surface area contributed by atoms with Crippen molar-refractivity contribution < 1.29 is 9.53 Å². The highest BCUT2D eigenvalue weighted by atomic mass is 32.1. The number of hydrogen-bond acceptors (Lipinski definition) is 6. The number of aromatic amines is 1. The minimum atomic E-state index is -0.408. The summed E-state index contributed by atoms with van der Waals surface area (Å²) in [4.78, 5) is 35.6. The molecular formula is C22H27N3O3S. The molecule has 0 amide bonds. The summed E-state index contributed by atoms with van der Waals surface area (Å²) in [6.07, 6.45) is 1.02. The van der Waals surface area contributed by atoms with Crippen molar-refractivity contribution in [3.63, 3.8) is 0 Å². The molecule has 0 spiro atoms. The van der Waals surface area contributed by atoms with Gasteiger partial charge in [0.25, 0.3) is 5.56 Å². The molecule has 1 atom stereocenters. The molecule has 0 aliphatic heterocycles. The molecule has 3 aromatic rings. The van der Waals surface area contributed by atoms with Crippen molar-refractivity contribution in [1.29, 1.82) is 0 Å². The van der Waals surface area contributed by atoms with E-state index in [1.165, 1.54) is 22.5 Å². The summed E-state index contributed by atoms with van der Waals surface area (Å²) < 4.78 is 5.10. The molecule has 0 saturated carbocycles. The average molecular weight is 414 g/mol. The number of fused-ring (bicyclic) bond motifs is 1. The Hall–Kier alpha value is -2.51. The highest BCUT2D eigenvalue weighted by Gasteiger charge is 2.22. The fraction of sp³-hybridized carbons (Fsp3) is 0.409. The molecule has 2 aromatic heterocycles. The van der Waals surface area contributed by atoms with Crippen molar-refractivity contribution in [2.24, 2.45) is 0 Å². The second-order valence-corrected chi connectivity index (χ2v) is 8.17. The number of rotatable bonds is 7. The summed E-state index contributed by atoms with van der Waals surface area (Å²) in [7, 11) is 2.01. The number of hydrogen-bond donors (Lipinski definition) is 1. The predicted molar refractivity (Wildman–Crippen MR) is 117 cm³/mol. The number of nitrogens with one attached hydrogen (secondary N) is 1. The molecule has 0 aliphatic carbocycles. The third-order valence-corrected chi connectivity index (χ3v) is 6.37. The Morgan fingerprint density at radius 1 is 1.24 bits per heavy atom. The highest BCUT2D eigenvalue weighted by Crippen LogP contribution is 2.29. The second-order valence-electron chi connectivity index (χ2n) is 7.17. The maximum Gasteiger partial charge on any atom is 0.348 e. The van der Waals surface area contributed by atoms with Gasteiger partial charge in [-0.25, -0.2) is 9.78 Å². The van der Waals surface area contributed by atoms with Crippen molar-refractivity contribution in [3.05, 3.63) is 62.0 Å². The number of esters is 1. The number of aryl methyl sites for hydroxylation is 2. The van der Waals surface area contributed by atoms with Gasteiger partial charge in [-0.3, -0.25) is 9.69 Å². The Morgan fingerprint density at radius 3 is 2.52 bits per heavy atom. The normalized spacial score (nSPS) is 12.5. The topological polar surface area (TPSA) is 75.3 Å². The van der Waals surface area contributed by atoms with Crippen molar-refractivity contribution in [2.45, 2.75) is 46.7 Å². The van der Waals surface area contributed by atoms with Crippen LogP contribution in [0.15, 0.2) is 29.1 Å². The van der Waals surface area contributed by atoms with Gasteiger partial charge < -0.3 is 9.72 Å². The van der Waals surface area contributed by atoms with Crippen LogP contribution < -0.4 is 5.56 Å². The van der Waals surface area contributed by atoms with Crippen molar-refractivity contribution in [1.82, 2.24) is 14.9 Å². The van der Waals surface area contributed by atoms with Gasteiger partial charge >= 0.3 is 5.97 Å². The smallest absolute Gasteiger partial charge is 0.348 e. The fourth-order valence-electron chi connectivity index (χ4n) is 3.26. The molecule has 0 saturated heterocycles. The predicted octanol–water partition coefficient (Wildman–Crippen LogP) is 4.23. The van der Waals surface area contributed by atoms with Crippen LogP contribution in [0.1, 0.15) is 59.0 Å². The first-order valence-corrected chi connectivity index (χ1v) is 10.7. The maximum atomic E-state index is 12.7. The lowest BCUT2D eigenvalue weighted by atomic mass is 10.1. The second kappa shape index (κ2) is 8.88. The first-order chi connectivity index (χ1) is 13.8. The average Bonchev–Trinajstić information content (AvgIpc) is 3.05. The highest BCUT2D eigenvalue weighted by molar-refractivity contribution is 7.20. The van der Waals surface area contributed by atoms with Gasteiger partial charge in [0.05, 0.1) is 18.0 Å². The summed E-state index contributed by atoms with van der Waals surface area (Å²) in [5.41, 5.74) is 2.92. The Balaban J connectivity index is 1.88. The minimum absolute atomic E-state index is 0.0913. The van der Waals surface area contributed by atoms with Gasteiger partial charge in [-0.2, -0.15) is 0 Å². The molecule has 1 aromatic carbocycles. The summed E-state index contributed by atoms with van der Waals surface area (Å²) >= 11 is 1.21. The number of thiophene rings is 1. The van der Waals surface area contributed by atoms with E-state index in [0.29, 0.717) is 33.1 Å². The SMILES string of the molecule is CCOC(=O)c1sc2nc([C@@H](C)N(C)Cc3ccc(CC)cc3)[nH]c(=O)c2c1C. The number of H-pyrrole nitrogens is 1. The van der Waals surface area contributed by atoms with Crippen LogP contribution in [-0.4, -0.2) is 34.5 Å². The molecule has 154 valence electrons. The third-order valence-electron chi connectivity index (χ3n) is 5.20. The van der Waals surface area contributed by atoms with Gasteiger partial charge in [-0.05, 0) is 50.9 Å². The van der Waals surface area contributed by atoms with Gasteiger partial charge in [0.2, 0.25) is 0 Å². The van der Waals surface area contributed by atoms with Crippen molar-refractivity contribution in [3.8, 4) is 0 Å². The molecule has 0 radical (unpaired) electrons. The van der Waals surface area contributed by atoms with Gasteiger partial charge in [-0.15, -0.1) is 11.3 Å². The first-order valence-electron chi connectivity index (χ1n) is 9.84. The van der Waals surface area contributed by atoms with Gasteiger partial charge in [-0.1, -0.05) is 31.2 Å². The Morgan fingerprint density at radius 2 is 1.90 bits per heavy atom. The van der Waals surface area contributed by atoms with Crippen LogP contribution in [-0.2, 0) is 17.7 Å². The zero-order chi connectivity index (χ0) is 21.1. The van der Waals surface area contributed by atoms with E-state index >= 15 is 0 Å². The first kappa shape index (κ1) is 21.2. The zero-order valence-corrected chi connectivity index (χ0v) is 18.4. The van der Waals surface area contributed by atoms with Crippen molar-refractivity contribution >= 4 is 27.5 Å². The molecule has 0 fully saturated rings. The largest absolute Gasteiger partial charge is 0.462 e. The zero-order valence-electron chi connectivity index (χ0n) is 17.5. The summed E-state index contributed by atoms with van der Waals surface area (Å²) in [6.45, 7) is 8.71. The molecular weight excluding hydrogens is 386 g/mol. The quantitative estimate of drug-likeness (QED) is 0.587. The van der Waals surface area contributed by atoms with Crippen molar-refractivity contribution in [2.75, 3.05) is 13.7 Å². The lowest BCUT2D eigenvalue weighted by Crippen LogP contribution is -2.25. The number of aromatic nitrogens is 2. The molecule has 29 heavy (non-hydrogen) atoms. The summed E-state index contributed by atoms with van der Waals surface area (Å²) in [5.74, 6) is 0.182. The number of ether oxygens (including phenoxy) is 1. The van der Waals surface area contributed by atoms with Crippen LogP contribution in [0.2, 0.25) is 0 Å². The van der Waals surface area contributed by atoms with Crippen LogP contribution in [0.25, 0.3) is 10.2 Å². The van der Waals surface area contributed by atoms with Gasteiger partial charge in [0, 0.05) is 6.54 Å². The molecule has 0 unspecified atom stereocenters. The minimum Gasteiger partial charge on any atom is -0.462 e. The Bertz CT molecular complexity index is 1070. The molecule has 6 nitrogen and oxygen atoms in total. The molecule has 1 N–H and O–H groups in total. The van der Waals surface area contributed by atoms with E-state index in [2.05, 4.69) is 46.1 Å². The van der Waals surface area contributed by atoms with E-state index in [9.17, 15) is 9.59 Å². The lowest BCUT2D eigenvalue weighted by molar-refractivity contribution is 0.0531. The number of carbonyl (C=O) groups is 1. The van der Waals surface area contributed by atoms with Crippen LogP contribution >= 0.6 is 11.3 Å². The molecule has 7 heteroatoms. The van der Waals surface area contributed by atoms with Crippen LogP contribution in [0.5, 0.6) is 0 Å². The summed E-state index contributed by atoms with van der Waals surface area (Å²) in [6, 6.07) is 8.47. The number of carbonyl (C=O) groups excluding carboxylic acids is 1. The monoisotopic (exact) mass is 413 g/mol. The summed E-state index contributed by atoms with van der Waals surface area (Å²) in [5, 5.41) is 0.465. The Labute approximate surface area is 174 Å². The molecule has 2 heterocycles. The third kappa shape index (κ3) is 4.41. The fourth-order valence-corrected chi connectivity index (χ4v) is 4.35. The van der Waals surface area contributed by atoms with E-state index in [4.69, 9.17) is 4.74 Å². The number of nitrogens with zero attached hydrogens (tertiary/aromatic N) is 2. The van der Waals surface area contributed by atoms with Gasteiger partial charge in [0.1, 0.15) is 15.5 Å². The van der Waals surface area contributed by atoms with Crippen LogP contribution in [0.3, 0.4) is 0 Å². The Kier molecular flexibility index (Phi) is 6.49. The van der Waals surface area contributed by atoms with Crippen LogP contribution in [0, 0.1) is 6.92 Å². The molecule has 0 bridgehead atoms. The van der Waals surface area contributed by atoms with E-state index in [0.717, 1.165) is 13.0 Å². The van der Waals surface area contributed by atoms with E-state index in [1.807, 2.05) is 14.0 Å². The van der Waals surface area contributed by atoms with E-state index < -0.39 is 5.97 Å². The lowest BCUT2D eigenvalue weighted by Gasteiger charge is -2.24. The standard InChI is InChI=1S/C22H27N3O3S/c1-6-15-8-10-16(11-9-15)12-25(5)14(4)19-23-20(26)17-13(3)18(22(27)28-7-2)29-21(17)24-19/h8-11,14H,6-7,12H2,1-5H3,(H,23,24,26)/t14-/m1/s1. The number of benzene rings is 1.